The van der Waals surface area contributed by atoms with Gasteiger partial charge in [-0.05, 0) is 18.6 Å². The fraction of sp³-hybridized carbons (Fsp3) is 0.167. The molecule has 106 valence electrons. The number of rotatable bonds is 3. The molecule has 0 aliphatic rings. The zero-order valence-electron chi connectivity index (χ0n) is 11.8. The Morgan fingerprint density at radius 2 is 1.71 bits per heavy atom. The molecule has 3 rings (SSSR count). The molecule has 0 aliphatic carbocycles. The lowest BCUT2D eigenvalue weighted by atomic mass is 9.82. The van der Waals surface area contributed by atoms with Gasteiger partial charge in [0, 0.05) is 22.7 Å². The smallest absolute Gasteiger partial charge is 0.129 e. The van der Waals surface area contributed by atoms with Crippen LogP contribution in [0.3, 0.4) is 0 Å². The van der Waals surface area contributed by atoms with Gasteiger partial charge in [0.05, 0.1) is 5.52 Å². The Bertz CT molecular complexity index is 782. The summed E-state index contributed by atoms with van der Waals surface area (Å²) >= 11 is 0. The molecule has 0 bridgehead atoms. The molecule has 0 fully saturated rings. The standard InChI is InChI=1S/C18H16FNO/c1-2-18(21,14-9-3-4-11-16(14)19)15-10-5-7-13-8-6-12-20-17(13)15/h3-12,21H,2H2,1H3. The fourth-order valence-corrected chi connectivity index (χ4v) is 2.76. The summed E-state index contributed by atoms with van der Waals surface area (Å²) in [6, 6.07) is 15.7. The van der Waals surface area contributed by atoms with Gasteiger partial charge in [-0.25, -0.2) is 4.39 Å². The number of aliphatic hydroxyl groups is 1. The fourth-order valence-electron chi connectivity index (χ4n) is 2.76. The van der Waals surface area contributed by atoms with Gasteiger partial charge in [-0.15, -0.1) is 0 Å². The van der Waals surface area contributed by atoms with Gasteiger partial charge in [0.1, 0.15) is 11.4 Å². The highest BCUT2D eigenvalue weighted by atomic mass is 19.1. The van der Waals surface area contributed by atoms with Gasteiger partial charge in [0.25, 0.3) is 0 Å². The summed E-state index contributed by atoms with van der Waals surface area (Å²) in [7, 11) is 0. The van der Waals surface area contributed by atoms with Crippen LogP contribution >= 0.6 is 0 Å². The highest BCUT2D eigenvalue weighted by molar-refractivity contribution is 5.83. The number of hydrogen-bond donors (Lipinski definition) is 1. The van der Waals surface area contributed by atoms with Gasteiger partial charge in [-0.3, -0.25) is 4.98 Å². The van der Waals surface area contributed by atoms with E-state index in [1.54, 1.807) is 24.4 Å². The van der Waals surface area contributed by atoms with Crippen LogP contribution < -0.4 is 0 Å². The van der Waals surface area contributed by atoms with E-state index in [4.69, 9.17) is 0 Å². The number of pyridine rings is 1. The maximum atomic E-state index is 14.2. The largest absolute Gasteiger partial charge is 0.380 e. The van der Waals surface area contributed by atoms with Crippen LogP contribution in [-0.2, 0) is 5.60 Å². The highest BCUT2D eigenvalue weighted by Crippen LogP contribution is 2.37. The van der Waals surface area contributed by atoms with Crippen molar-refractivity contribution in [3.8, 4) is 0 Å². The van der Waals surface area contributed by atoms with Crippen LogP contribution in [0.25, 0.3) is 10.9 Å². The zero-order valence-corrected chi connectivity index (χ0v) is 11.8. The molecule has 0 aliphatic heterocycles. The molecule has 3 aromatic rings. The van der Waals surface area contributed by atoms with Crippen LogP contribution in [0.1, 0.15) is 24.5 Å². The first kappa shape index (κ1) is 13.7. The molecule has 0 spiro atoms. The van der Waals surface area contributed by atoms with Crippen LogP contribution in [0.2, 0.25) is 0 Å². The molecule has 1 unspecified atom stereocenters. The Balaban J connectivity index is 2.30. The number of nitrogens with zero attached hydrogens (tertiary/aromatic N) is 1. The molecule has 2 nitrogen and oxygen atoms in total. The second kappa shape index (κ2) is 5.26. The van der Waals surface area contributed by atoms with Crippen molar-refractivity contribution < 1.29 is 9.50 Å². The van der Waals surface area contributed by atoms with Gasteiger partial charge in [-0.1, -0.05) is 49.4 Å². The van der Waals surface area contributed by atoms with Crippen molar-refractivity contribution in [2.24, 2.45) is 0 Å². The monoisotopic (exact) mass is 281 g/mol. The molecule has 1 heterocycles. The minimum atomic E-state index is -1.39. The average molecular weight is 281 g/mol. The Hall–Kier alpha value is -2.26. The van der Waals surface area contributed by atoms with Crippen LogP contribution in [0.5, 0.6) is 0 Å². The SMILES string of the molecule is CCC(O)(c1ccccc1F)c1cccc2cccnc12. The van der Waals surface area contributed by atoms with Crippen molar-refractivity contribution in [1.82, 2.24) is 4.98 Å². The second-order valence-corrected chi connectivity index (χ2v) is 5.07. The van der Waals surface area contributed by atoms with Crippen molar-refractivity contribution in [2.45, 2.75) is 18.9 Å². The first-order valence-corrected chi connectivity index (χ1v) is 6.98. The Morgan fingerprint density at radius 3 is 2.48 bits per heavy atom. The normalized spacial score (nSPS) is 14.0. The Labute approximate surface area is 122 Å². The van der Waals surface area contributed by atoms with E-state index < -0.39 is 11.4 Å². The van der Waals surface area contributed by atoms with Crippen LogP contribution in [0, 0.1) is 5.82 Å². The van der Waals surface area contributed by atoms with E-state index in [1.165, 1.54) is 6.07 Å². The molecule has 3 heteroatoms. The van der Waals surface area contributed by atoms with Gasteiger partial charge in [0.2, 0.25) is 0 Å². The Morgan fingerprint density at radius 1 is 1.00 bits per heavy atom. The molecular weight excluding hydrogens is 265 g/mol. The molecule has 1 atom stereocenters. The lowest BCUT2D eigenvalue weighted by Crippen LogP contribution is -2.28. The summed E-state index contributed by atoms with van der Waals surface area (Å²) in [6.07, 6.45) is 2.05. The number of hydrogen-bond acceptors (Lipinski definition) is 2. The molecule has 0 saturated heterocycles. The maximum absolute atomic E-state index is 14.2. The molecule has 1 N–H and O–H groups in total. The van der Waals surface area contributed by atoms with Gasteiger partial charge < -0.3 is 5.11 Å². The predicted octanol–water partition coefficient (Wildman–Crippen LogP) is 4.02. The van der Waals surface area contributed by atoms with E-state index in [2.05, 4.69) is 4.98 Å². The minimum Gasteiger partial charge on any atom is -0.380 e. The van der Waals surface area contributed by atoms with E-state index in [0.717, 1.165) is 5.39 Å². The van der Waals surface area contributed by atoms with E-state index in [1.807, 2.05) is 37.3 Å². The summed E-state index contributed by atoms with van der Waals surface area (Å²) < 4.78 is 14.2. The third kappa shape index (κ3) is 2.20. The first-order valence-electron chi connectivity index (χ1n) is 6.98. The summed E-state index contributed by atoms with van der Waals surface area (Å²) in [5.74, 6) is -0.408. The van der Waals surface area contributed by atoms with E-state index in [9.17, 15) is 9.50 Å². The lowest BCUT2D eigenvalue weighted by Gasteiger charge is -2.29. The summed E-state index contributed by atoms with van der Waals surface area (Å²) in [5.41, 5.74) is 0.227. The molecular formula is C18H16FNO. The molecule has 2 aromatic carbocycles. The van der Waals surface area contributed by atoms with Crippen molar-refractivity contribution in [3.05, 3.63) is 77.7 Å². The quantitative estimate of drug-likeness (QED) is 0.786. The third-order valence-corrected chi connectivity index (χ3v) is 3.91. The maximum Gasteiger partial charge on any atom is 0.129 e. The number of halogens is 1. The Kier molecular flexibility index (Phi) is 3.43. The third-order valence-electron chi connectivity index (χ3n) is 3.91. The molecule has 0 amide bonds. The molecule has 1 aromatic heterocycles. The number of benzene rings is 2. The molecule has 21 heavy (non-hydrogen) atoms. The number of fused-ring (bicyclic) bond motifs is 1. The topological polar surface area (TPSA) is 33.1 Å². The van der Waals surface area contributed by atoms with E-state index in [-0.39, 0.29) is 5.56 Å². The van der Waals surface area contributed by atoms with Crippen LogP contribution in [0.4, 0.5) is 4.39 Å². The van der Waals surface area contributed by atoms with Crippen molar-refractivity contribution in [2.75, 3.05) is 0 Å². The predicted molar refractivity (Wildman–Crippen MR) is 81.4 cm³/mol. The molecule has 0 radical (unpaired) electrons. The van der Waals surface area contributed by atoms with Crippen LogP contribution in [0.15, 0.2) is 60.8 Å². The van der Waals surface area contributed by atoms with Crippen LogP contribution in [-0.4, -0.2) is 10.1 Å². The van der Waals surface area contributed by atoms with Crippen molar-refractivity contribution in [1.29, 1.82) is 0 Å². The van der Waals surface area contributed by atoms with Crippen molar-refractivity contribution in [3.63, 3.8) is 0 Å². The van der Waals surface area contributed by atoms with Gasteiger partial charge in [-0.2, -0.15) is 0 Å². The number of aromatic nitrogens is 1. The minimum absolute atomic E-state index is 0.283. The average Bonchev–Trinajstić information content (AvgIpc) is 2.54. The summed E-state index contributed by atoms with van der Waals surface area (Å²) in [4.78, 5) is 4.37. The molecule has 0 saturated carbocycles. The number of para-hydroxylation sites is 1. The van der Waals surface area contributed by atoms with Gasteiger partial charge in [0.15, 0.2) is 0 Å². The highest BCUT2D eigenvalue weighted by Gasteiger charge is 2.33. The van der Waals surface area contributed by atoms with E-state index >= 15 is 0 Å². The second-order valence-electron chi connectivity index (χ2n) is 5.07. The summed E-state index contributed by atoms with van der Waals surface area (Å²) in [6.45, 7) is 1.84. The first-order chi connectivity index (χ1) is 10.2. The van der Waals surface area contributed by atoms with Gasteiger partial charge >= 0.3 is 0 Å². The van der Waals surface area contributed by atoms with E-state index in [0.29, 0.717) is 17.5 Å². The zero-order chi connectivity index (χ0) is 14.9. The van der Waals surface area contributed by atoms with Crippen molar-refractivity contribution >= 4 is 10.9 Å². The lowest BCUT2D eigenvalue weighted by molar-refractivity contribution is 0.0739. The summed E-state index contributed by atoms with van der Waals surface area (Å²) in [5, 5.41) is 12.1.